The number of hydrogen-bond donors (Lipinski definition) is 2. The van der Waals surface area contributed by atoms with Crippen LogP contribution in [-0.2, 0) is 0 Å². The van der Waals surface area contributed by atoms with Crippen LogP contribution in [0.15, 0.2) is 11.6 Å². The molecule has 2 heteroatoms. The molecule has 0 radical (unpaired) electrons. The third-order valence-corrected chi connectivity index (χ3v) is 4.32. The minimum atomic E-state index is 0.109. The molecule has 0 aliphatic heterocycles. The molecule has 2 N–H and O–H groups in total. The van der Waals surface area contributed by atoms with E-state index in [1.165, 1.54) is 18.4 Å². The van der Waals surface area contributed by atoms with Gasteiger partial charge in [-0.1, -0.05) is 18.1 Å². The van der Waals surface area contributed by atoms with Crippen LogP contribution in [0.25, 0.3) is 0 Å². The lowest BCUT2D eigenvalue weighted by molar-refractivity contribution is 0.0592. The highest BCUT2D eigenvalue weighted by molar-refractivity contribution is 4.95. The highest BCUT2D eigenvalue weighted by atomic mass is 16.3. The first kappa shape index (κ1) is 14.7. The Hall–Kier alpha value is -0.340. The summed E-state index contributed by atoms with van der Waals surface area (Å²) in [6, 6.07) is 0. The lowest BCUT2D eigenvalue weighted by Gasteiger charge is -2.33. The van der Waals surface area contributed by atoms with Gasteiger partial charge in [-0.15, -0.1) is 0 Å². The molecule has 1 aliphatic carbocycles. The summed E-state index contributed by atoms with van der Waals surface area (Å²) in [6.45, 7) is 4.82. The van der Waals surface area contributed by atoms with Crippen molar-refractivity contribution in [1.82, 2.24) is 0 Å². The van der Waals surface area contributed by atoms with Crippen molar-refractivity contribution in [1.29, 1.82) is 0 Å². The van der Waals surface area contributed by atoms with Crippen molar-refractivity contribution in [3.05, 3.63) is 11.6 Å². The second-order valence-electron chi connectivity index (χ2n) is 5.80. The molecule has 1 saturated carbocycles. The average molecular weight is 240 g/mol. The Labute approximate surface area is 106 Å². The van der Waals surface area contributed by atoms with Gasteiger partial charge in [0, 0.05) is 13.2 Å². The highest BCUT2D eigenvalue weighted by Crippen LogP contribution is 2.48. The van der Waals surface area contributed by atoms with E-state index in [0.717, 1.165) is 32.1 Å². The Morgan fingerprint density at radius 1 is 1.35 bits per heavy atom. The minimum absolute atomic E-state index is 0.109. The van der Waals surface area contributed by atoms with Crippen LogP contribution in [0.5, 0.6) is 0 Å². The van der Waals surface area contributed by atoms with E-state index in [1.807, 2.05) is 0 Å². The van der Waals surface area contributed by atoms with Gasteiger partial charge in [0.1, 0.15) is 0 Å². The summed E-state index contributed by atoms with van der Waals surface area (Å²) in [5, 5.41) is 18.8. The average Bonchev–Trinajstić information content (AvgIpc) is 2.69. The third kappa shape index (κ3) is 4.11. The number of aliphatic hydroxyl groups excluding tert-OH is 2. The molecule has 0 aromatic heterocycles. The second kappa shape index (κ2) is 7.17. The molecule has 0 spiro atoms. The molecule has 0 aromatic carbocycles. The topological polar surface area (TPSA) is 40.5 Å². The second-order valence-corrected chi connectivity index (χ2v) is 5.80. The summed E-state index contributed by atoms with van der Waals surface area (Å²) in [6.07, 6.45) is 10.1. The van der Waals surface area contributed by atoms with E-state index < -0.39 is 0 Å². The summed E-state index contributed by atoms with van der Waals surface area (Å²) >= 11 is 0. The van der Waals surface area contributed by atoms with Crippen LogP contribution < -0.4 is 0 Å². The Bertz CT molecular complexity index is 243. The van der Waals surface area contributed by atoms with Gasteiger partial charge in [0.2, 0.25) is 0 Å². The number of unbranched alkanes of at least 4 members (excludes halogenated alkanes) is 1. The molecule has 1 rings (SSSR count). The SMILES string of the molecule is CC(C)=CCCC[C@]1(CO)CCC[C@H]1CCO. The molecule has 0 unspecified atom stereocenters. The quantitative estimate of drug-likeness (QED) is 0.529. The molecule has 2 nitrogen and oxygen atoms in total. The molecule has 2 atom stereocenters. The zero-order valence-corrected chi connectivity index (χ0v) is 11.4. The number of aliphatic hydroxyl groups is 2. The largest absolute Gasteiger partial charge is 0.396 e. The predicted octanol–water partition coefficient (Wildman–Crippen LogP) is 3.28. The Kier molecular flexibility index (Phi) is 6.21. The first-order valence-electron chi connectivity index (χ1n) is 7.00. The van der Waals surface area contributed by atoms with E-state index in [-0.39, 0.29) is 12.0 Å². The standard InChI is InChI=1S/C15H28O2/c1-13(2)6-3-4-9-15(12-17)10-5-7-14(15)8-11-16/h6,14,16-17H,3-5,7-12H2,1-2H3/t14-,15+/m0/s1. The van der Waals surface area contributed by atoms with Gasteiger partial charge in [0.15, 0.2) is 0 Å². The number of hydrogen-bond acceptors (Lipinski definition) is 2. The van der Waals surface area contributed by atoms with Gasteiger partial charge in [-0.2, -0.15) is 0 Å². The molecule has 17 heavy (non-hydrogen) atoms. The lowest BCUT2D eigenvalue weighted by Crippen LogP contribution is -2.30. The zero-order chi connectivity index (χ0) is 12.7. The van der Waals surface area contributed by atoms with E-state index in [9.17, 15) is 5.11 Å². The van der Waals surface area contributed by atoms with Crippen LogP contribution in [0.4, 0.5) is 0 Å². The van der Waals surface area contributed by atoms with Gasteiger partial charge in [-0.25, -0.2) is 0 Å². The molecule has 100 valence electrons. The first-order valence-corrected chi connectivity index (χ1v) is 7.00. The molecule has 0 bridgehead atoms. The zero-order valence-electron chi connectivity index (χ0n) is 11.4. The molecule has 0 amide bonds. The van der Waals surface area contributed by atoms with Crippen LogP contribution in [0.2, 0.25) is 0 Å². The minimum Gasteiger partial charge on any atom is -0.396 e. The fourth-order valence-electron chi connectivity index (χ4n) is 3.28. The summed E-state index contributed by atoms with van der Waals surface area (Å²) in [5.41, 5.74) is 1.49. The van der Waals surface area contributed by atoms with Crippen molar-refractivity contribution in [3.63, 3.8) is 0 Å². The highest BCUT2D eigenvalue weighted by Gasteiger charge is 2.40. The maximum Gasteiger partial charge on any atom is 0.0490 e. The van der Waals surface area contributed by atoms with Crippen molar-refractivity contribution in [2.45, 2.75) is 58.8 Å². The molecular formula is C15H28O2. The van der Waals surface area contributed by atoms with Gasteiger partial charge in [0.25, 0.3) is 0 Å². The van der Waals surface area contributed by atoms with E-state index >= 15 is 0 Å². The first-order chi connectivity index (χ1) is 8.14. The fourth-order valence-corrected chi connectivity index (χ4v) is 3.28. The summed E-state index contributed by atoms with van der Waals surface area (Å²) in [4.78, 5) is 0. The van der Waals surface area contributed by atoms with Gasteiger partial charge in [-0.05, 0) is 63.7 Å². The van der Waals surface area contributed by atoms with Crippen LogP contribution in [-0.4, -0.2) is 23.4 Å². The van der Waals surface area contributed by atoms with E-state index in [2.05, 4.69) is 19.9 Å². The molecule has 1 fully saturated rings. The van der Waals surface area contributed by atoms with E-state index in [4.69, 9.17) is 5.11 Å². The molecule has 0 heterocycles. The molecule has 0 aromatic rings. The Morgan fingerprint density at radius 3 is 2.71 bits per heavy atom. The molecular weight excluding hydrogens is 212 g/mol. The number of allylic oxidation sites excluding steroid dienone is 2. The van der Waals surface area contributed by atoms with Crippen molar-refractivity contribution < 1.29 is 10.2 Å². The molecule has 1 aliphatic rings. The van der Waals surface area contributed by atoms with E-state index in [1.54, 1.807) is 0 Å². The monoisotopic (exact) mass is 240 g/mol. The summed E-state index contributed by atoms with van der Waals surface area (Å²) < 4.78 is 0. The Balaban J connectivity index is 2.47. The smallest absolute Gasteiger partial charge is 0.0490 e. The van der Waals surface area contributed by atoms with Crippen LogP contribution in [0.3, 0.4) is 0 Å². The summed E-state index contributed by atoms with van der Waals surface area (Å²) in [7, 11) is 0. The van der Waals surface area contributed by atoms with Crippen molar-refractivity contribution in [2.24, 2.45) is 11.3 Å². The van der Waals surface area contributed by atoms with E-state index in [0.29, 0.717) is 12.5 Å². The van der Waals surface area contributed by atoms with Crippen LogP contribution in [0.1, 0.15) is 58.8 Å². The summed E-state index contributed by atoms with van der Waals surface area (Å²) in [5.74, 6) is 0.532. The predicted molar refractivity (Wildman–Crippen MR) is 71.8 cm³/mol. The van der Waals surface area contributed by atoms with Crippen LogP contribution >= 0.6 is 0 Å². The van der Waals surface area contributed by atoms with Gasteiger partial charge < -0.3 is 10.2 Å². The maximum absolute atomic E-state index is 9.73. The van der Waals surface area contributed by atoms with Gasteiger partial charge in [0.05, 0.1) is 0 Å². The maximum atomic E-state index is 9.73. The van der Waals surface area contributed by atoms with Crippen molar-refractivity contribution in [3.8, 4) is 0 Å². The van der Waals surface area contributed by atoms with Gasteiger partial charge >= 0.3 is 0 Å². The lowest BCUT2D eigenvalue weighted by atomic mass is 9.73. The molecule has 0 saturated heterocycles. The third-order valence-electron chi connectivity index (χ3n) is 4.32. The fraction of sp³-hybridized carbons (Fsp3) is 0.867. The Morgan fingerprint density at radius 2 is 2.12 bits per heavy atom. The van der Waals surface area contributed by atoms with Gasteiger partial charge in [-0.3, -0.25) is 0 Å². The van der Waals surface area contributed by atoms with Crippen molar-refractivity contribution >= 4 is 0 Å². The van der Waals surface area contributed by atoms with Crippen molar-refractivity contribution in [2.75, 3.05) is 13.2 Å². The van der Waals surface area contributed by atoms with Crippen LogP contribution in [0, 0.1) is 11.3 Å². The normalized spacial score (nSPS) is 28.4. The number of rotatable bonds is 7.